The van der Waals surface area contributed by atoms with E-state index in [9.17, 15) is 0 Å². The summed E-state index contributed by atoms with van der Waals surface area (Å²) < 4.78 is 10.5. The van der Waals surface area contributed by atoms with Gasteiger partial charge in [-0.2, -0.15) is 4.37 Å². The van der Waals surface area contributed by atoms with Crippen LogP contribution in [0.5, 0.6) is 0 Å². The first-order valence-electron chi connectivity index (χ1n) is 1.88. The van der Waals surface area contributed by atoms with Crippen molar-refractivity contribution >= 4 is 23.1 Å². The van der Waals surface area contributed by atoms with Gasteiger partial charge in [-0.05, 0) is 17.6 Å². The second-order valence-corrected chi connectivity index (χ2v) is 1.76. The van der Waals surface area contributed by atoms with E-state index in [1.165, 1.54) is 6.07 Å². The molecule has 0 bridgehead atoms. The summed E-state index contributed by atoms with van der Waals surface area (Å²) in [7, 11) is 0. The Bertz CT molecular complexity index is 147. The molecule has 1 heterocycles. The molecular weight excluding hydrogens is 118 g/mol. The molecule has 1 nitrogen and oxygen atoms in total. The molecule has 0 aliphatic heterocycles. The summed E-state index contributed by atoms with van der Waals surface area (Å²) in [6.07, 6.45) is 0. The average Bonchev–Trinajstić information content (AvgIpc) is 1.87. The van der Waals surface area contributed by atoms with Crippen LogP contribution in [0.25, 0.3) is 0 Å². The molecule has 0 aliphatic rings. The van der Waals surface area contributed by atoms with Crippen LogP contribution in [0.1, 0.15) is 1.37 Å². The Morgan fingerprint density at radius 1 is 2.17 bits per heavy atom. The molecule has 0 unspecified atom stereocenters. The van der Waals surface area contributed by atoms with Crippen LogP contribution in [0.4, 0.5) is 0 Å². The van der Waals surface area contributed by atoms with Crippen LogP contribution in [0, 0.1) is 0 Å². The molecule has 0 spiro atoms. The Morgan fingerprint density at radius 3 is 3.17 bits per heavy atom. The van der Waals surface area contributed by atoms with Crippen molar-refractivity contribution in [2.75, 3.05) is 0 Å². The molecule has 0 atom stereocenters. The maximum atomic E-state index is 6.89. The Hall–Kier alpha value is -0.0800. The number of hydrogen-bond acceptors (Lipinski definition) is 2. The van der Waals surface area contributed by atoms with E-state index >= 15 is 0 Å². The second kappa shape index (κ2) is 1.58. The molecule has 0 aromatic carbocycles. The minimum atomic E-state index is 0.407. The number of halogens is 1. The number of aromatic nitrogens is 1. The maximum absolute atomic E-state index is 6.89. The van der Waals surface area contributed by atoms with Crippen molar-refractivity contribution in [2.24, 2.45) is 0 Å². The highest BCUT2D eigenvalue weighted by Crippen LogP contribution is 2.04. The van der Waals surface area contributed by atoms with Gasteiger partial charge >= 0.3 is 0 Å². The van der Waals surface area contributed by atoms with Gasteiger partial charge in [0.2, 0.25) is 0 Å². The molecule has 1 rings (SSSR count). The van der Waals surface area contributed by atoms with E-state index in [2.05, 4.69) is 4.37 Å². The lowest BCUT2D eigenvalue weighted by Crippen LogP contribution is -1.46. The molecule has 0 saturated heterocycles. The molecule has 1 aromatic rings. The van der Waals surface area contributed by atoms with E-state index in [-0.39, 0.29) is 0 Å². The highest BCUT2D eigenvalue weighted by atomic mass is 35.5. The lowest BCUT2D eigenvalue weighted by atomic mass is 10.8. The van der Waals surface area contributed by atoms with E-state index in [4.69, 9.17) is 13.0 Å². The molecule has 0 radical (unpaired) electrons. The van der Waals surface area contributed by atoms with Gasteiger partial charge in [-0.3, -0.25) is 0 Å². The minimum absolute atomic E-state index is 0.407. The standard InChI is InChI=1S/C3H2ClNS/c4-3-1-2-6-5-3/h1-2H/i2D. The van der Waals surface area contributed by atoms with Crippen molar-refractivity contribution in [2.45, 2.75) is 0 Å². The Balaban J connectivity index is 3.04. The molecule has 0 N–H and O–H groups in total. The van der Waals surface area contributed by atoms with E-state index in [0.717, 1.165) is 11.5 Å². The topological polar surface area (TPSA) is 12.9 Å². The van der Waals surface area contributed by atoms with E-state index < -0.39 is 0 Å². The van der Waals surface area contributed by atoms with Gasteiger partial charge in [0.1, 0.15) is 5.15 Å². The zero-order chi connectivity index (χ0) is 5.28. The zero-order valence-electron chi connectivity index (χ0n) is 3.81. The SMILES string of the molecule is [2H]c1cc(Cl)ns1. The molecular formula is C3H2ClNS. The van der Waals surface area contributed by atoms with Gasteiger partial charge < -0.3 is 0 Å². The van der Waals surface area contributed by atoms with Gasteiger partial charge in [-0.1, -0.05) is 11.6 Å². The molecule has 3 heteroatoms. The van der Waals surface area contributed by atoms with Crippen molar-refractivity contribution in [3.8, 4) is 0 Å². The first kappa shape index (κ1) is 2.99. The van der Waals surface area contributed by atoms with Crippen LogP contribution in [0.3, 0.4) is 0 Å². The predicted octanol–water partition coefficient (Wildman–Crippen LogP) is 1.80. The van der Waals surface area contributed by atoms with Crippen LogP contribution < -0.4 is 0 Å². The van der Waals surface area contributed by atoms with Crippen molar-refractivity contribution in [3.05, 3.63) is 16.6 Å². The predicted molar refractivity (Wildman–Crippen MR) is 27.1 cm³/mol. The van der Waals surface area contributed by atoms with Gasteiger partial charge in [0, 0.05) is 5.36 Å². The number of nitrogens with zero attached hydrogens (tertiary/aromatic N) is 1. The van der Waals surface area contributed by atoms with E-state index in [0.29, 0.717) is 10.5 Å². The summed E-state index contributed by atoms with van der Waals surface area (Å²) >= 11 is 6.43. The maximum Gasteiger partial charge on any atom is 0.142 e. The summed E-state index contributed by atoms with van der Waals surface area (Å²) in [5.41, 5.74) is 0. The van der Waals surface area contributed by atoms with Crippen LogP contribution >= 0.6 is 23.1 Å². The van der Waals surface area contributed by atoms with Gasteiger partial charge in [0.25, 0.3) is 0 Å². The number of rotatable bonds is 0. The van der Waals surface area contributed by atoms with Crippen LogP contribution in [0.15, 0.2) is 11.4 Å². The fraction of sp³-hybridized carbons (Fsp3) is 0. The second-order valence-electron chi connectivity index (χ2n) is 0.767. The lowest BCUT2D eigenvalue weighted by molar-refractivity contribution is 1.58. The van der Waals surface area contributed by atoms with Crippen LogP contribution in [0.2, 0.25) is 5.15 Å². The number of hydrogen-bond donors (Lipinski definition) is 0. The van der Waals surface area contributed by atoms with Crippen LogP contribution in [-0.4, -0.2) is 4.37 Å². The van der Waals surface area contributed by atoms with Gasteiger partial charge in [0.05, 0.1) is 1.37 Å². The van der Waals surface area contributed by atoms with Gasteiger partial charge in [-0.25, -0.2) is 0 Å². The summed E-state index contributed by atoms with van der Waals surface area (Å²) in [6, 6.07) is 1.51. The summed E-state index contributed by atoms with van der Waals surface area (Å²) in [5, 5.41) is 0.819. The van der Waals surface area contributed by atoms with Crippen molar-refractivity contribution in [3.63, 3.8) is 0 Å². The Kier molecular flexibility index (Phi) is 0.787. The molecule has 0 amide bonds. The molecule has 1 aromatic heterocycles. The van der Waals surface area contributed by atoms with Crippen molar-refractivity contribution in [1.29, 1.82) is 0 Å². The van der Waals surface area contributed by atoms with Crippen molar-refractivity contribution < 1.29 is 1.37 Å². The molecule has 6 heavy (non-hydrogen) atoms. The molecule has 0 aliphatic carbocycles. The molecule has 0 fully saturated rings. The first-order valence-corrected chi connectivity index (χ1v) is 2.53. The highest BCUT2D eigenvalue weighted by Gasteiger charge is 1.79. The zero-order valence-corrected chi connectivity index (χ0v) is 4.38. The normalized spacial score (nSPS) is 11.2. The highest BCUT2D eigenvalue weighted by molar-refractivity contribution is 7.03. The first-order chi connectivity index (χ1) is 3.29. The fourth-order valence-electron chi connectivity index (χ4n) is 0.171. The summed E-state index contributed by atoms with van der Waals surface area (Å²) in [6.45, 7) is 0. The average molecular weight is 121 g/mol. The van der Waals surface area contributed by atoms with Gasteiger partial charge in [0.15, 0.2) is 0 Å². The van der Waals surface area contributed by atoms with E-state index in [1.807, 2.05) is 0 Å². The summed E-state index contributed by atoms with van der Waals surface area (Å²) in [5.74, 6) is 0. The molecule has 32 valence electrons. The third kappa shape index (κ3) is 0.698. The monoisotopic (exact) mass is 120 g/mol. The Morgan fingerprint density at radius 2 is 3.00 bits per heavy atom. The third-order valence-corrected chi connectivity index (χ3v) is 1.17. The minimum Gasteiger partial charge on any atom is -0.181 e. The largest absolute Gasteiger partial charge is 0.181 e. The fourth-order valence-corrected chi connectivity index (χ4v) is 0.751. The van der Waals surface area contributed by atoms with Crippen molar-refractivity contribution in [1.82, 2.24) is 4.37 Å². The molecule has 0 saturated carbocycles. The van der Waals surface area contributed by atoms with Crippen LogP contribution in [-0.2, 0) is 0 Å². The smallest absolute Gasteiger partial charge is 0.142 e. The van der Waals surface area contributed by atoms with E-state index in [1.54, 1.807) is 0 Å². The van der Waals surface area contributed by atoms with Gasteiger partial charge in [-0.15, -0.1) is 0 Å². The lowest BCUT2D eigenvalue weighted by Gasteiger charge is -1.60. The quantitative estimate of drug-likeness (QED) is 0.509. The Labute approximate surface area is 46.1 Å². The summed E-state index contributed by atoms with van der Waals surface area (Å²) in [4.78, 5) is 0. The third-order valence-electron chi connectivity index (χ3n) is 0.364.